The number of carboxylic acid groups (broad SMARTS) is 1. The third-order valence-corrected chi connectivity index (χ3v) is 2.86. The maximum absolute atomic E-state index is 14.0. The van der Waals surface area contributed by atoms with Crippen LogP contribution in [0.4, 0.5) is 10.1 Å². The number of aryl methyl sites for hydroxylation is 1. The molecule has 20 heavy (non-hydrogen) atoms. The van der Waals surface area contributed by atoms with Crippen molar-refractivity contribution in [1.82, 2.24) is 0 Å². The third-order valence-electron chi connectivity index (χ3n) is 2.86. The van der Waals surface area contributed by atoms with E-state index in [0.29, 0.717) is 5.56 Å². The summed E-state index contributed by atoms with van der Waals surface area (Å²) in [7, 11) is 0. The number of aliphatic carboxylic acids is 1. The fourth-order valence-electron chi connectivity index (χ4n) is 1.95. The summed E-state index contributed by atoms with van der Waals surface area (Å²) in [4.78, 5) is 21.1. The number of carboxylic acids is 1. The van der Waals surface area contributed by atoms with E-state index < -0.39 is 22.1 Å². The highest BCUT2D eigenvalue weighted by molar-refractivity contribution is 5.95. The van der Waals surface area contributed by atoms with Crippen molar-refractivity contribution in [3.8, 4) is 0 Å². The Balaban J connectivity index is 3.67. The highest BCUT2D eigenvalue weighted by Gasteiger charge is 2.29. The smallest absolute Gasteiger partial charge is 0.365 e. The van der Waals surface area contributed by atoms with Crippen molar-refractivity contribution in [1.29, 1.82) is 0 Å². The van der Waals surface area contributed by atoms with Crippen molar-refractivity contribution in [3.05, 3.63) is 45.3 Å². The van der Waals surface area contributed by atoms with E-state index in [-0.39, 0.29) is 16.8 Å². The maximum atomic E-state index is 14.0. The van der Waals surface area contributed by atoms with Gasteiger partial charge in [0.05, 0.1) is 4.92 Å². The first-order valence-corrected chi connectivity index (χ1v) is 5.94. The summed E-state index contributed by atoms with van der Waals surface area (Å²) in [6, 6.07) is 3.99. The maximum Gasteiger partial charge on any atom is 0.365 e. The van der Waals surface area contributed by atoms with Crippen molar-refractivity contribution < 1.29 is 19.2 Å². The van der Waals surface area contributed by atoms with Crippen LogP contribution < -0.4 is 0 Å². The number of nitrogens with zero attached hydrogens (tertiary/aromatic N) is 1. The number of allylic oxidation sites excluding steroid dienone is 1. The van der Waals surface area contributed by atoms with Crippen molar-refractivity contribution in [2.24, 2.45) is 5.41 Å². The second-order valence-electron chi connectivity index (χ2n) is 5.50. The van der Waals surface area contributed by atoms with Gasteiger partial charge in [-0.1, -0.05) is 26.8 Å². The number of nitro groups is 1. The molecular formula is C14H16FNO4. The first kappa shape index (κ1) is 15.8. The zero-order chi connectivity index (χ0) is 15.7. The Bertz CT molecular complexity index is 600. The van der Waals surface area contributed by atoms with Crippen LogP contribution in [0.3, 0.4) is 0 Å². The first-order chi connectivity index (χ1) is 9.05. The van der Waals surface area contributed by atoms with Crippen LogP contribution in [0.5, 0.6) is 0 Å². The van der Waals surface area contributed by atoms with Gasteiger partial charge in [0.1, 0.15) is 0 Å². The van der Waals surface area contributed by atoms with Crippen LogP contribution >= 0.6 is 0 Å². The minimum atomic E-state index is -1.68. The van der Waals surface area contributed by atoms with Crippen molar-refractivity contribution in [2.45, 2.75) is 27.7 Å². The molecule has 5 nitrogen and oxygen atoms in total. The van der Waals surface area contributed by atoms with Gasteiger partial charge in [-0.25, -0.2) is 4.79 Å². The molecule has 0 atom stereocenters. The highest BCUT2D eigenvalue weighted by Crippen LogP contribution is 2.39. The van der Waals surface area contributed by atoms with E-state index in [2.05, 4.69) is 0 Å². The van der Waals surface area contributed by atoms with Crippen molar-refractivity contribution in [2.75, 3.05) is 0 Å². The number of halogens is 1. The molecule has 0 fully saturated rings. The van der Waals surface area contributed by atoms with E-state index in [1.807, 2.05) is 0 Å². The van der Waals surface area contributed by atoms with Crippen LogP contribution in [0.2, 0.25) is 0 Å². The molecule has 0 saturated carbocycles. The van der Waals surface area contributed by atoms with Gasteiger partial charge in [-0.15, -0.1) is 0 Å². The van der Waals surface area contributed by atoms with Gasteiger partial charge in [0.15, 0.2) is 0 Å². The normalized spacial score (nSPS) is 12.8. The summed E-state index contributed by atoms with van der Waals surface area (Å²) in [6.07, 6.45) is 0. The van der Waals surface area contributed by atoms with Gasteiger partial charge >= 0.3 is 5.97 Å². The number of hydrogen-bond donors (Lipinski definition) is 1. The van der Waals surface area contributed by atoms with E-state index >= 15 is 0 Å². The Morgan fingerprint density at radius 3 is 2.30 bits per heavy atom. The average molecular weight is 281 g/mol. The topological polar surface area (TPSA) is 80.4 Å². The molecule has 1 aromatic carbocycles. The molecule has 0 heterocycles. The summed E-state index contributed by atoms with van der Waals surface area (Å²) in [6.45, 7) is 6.62. The molecule has 0 bridgehead atoms. The quantitative estimate of drug-likeness (QED) is 0.520. The predicted octanol–water partition coefficient (Wildman–Crippen LogP) is 3.71. The van der Waals surface area contributed by atoms with Crippen molar-refractivity contribution in [3.63, 3.8) is 0 Å². The molecule has 0 amide bonds. The molecule has 1 aromatic rings. The predicted molar refractivity (Wildman–Crippen MR) is 73.0 cm³/mol. The summed E-state index contributed by atoms with van der Waals surface area (Å²) >= 11 is 0. The monoisotopic (exact) mass is 281 g/mol. The van der Waals surface area contributed by atoms with Crippen LogP contribution in [0.15, 0.2) is 24.0 Å². The van der Waals surface area contributed by atoms with Gasteiger partial charge in [0.25, 0.3) is 5.69 Å². The minimum absolute atomic E-state index is 0.0498. The molecule has 0 aliphatic carbocycles. The summed E-state index contributed by atoms with van der Waals surface area (Å²) in [5.74, 6) is -2.97. The Morgan fingerprint density at radius 2 is 1.90 bits per heavy atom. The lowest BCUT2D eigenvalue weighted by Crippen LogP contribution is -2.14. The SMILES string of the molecule is Cc1ccc([N+](=O)[O-])cc1C(=C(F)C(=O)O)C(C)(C)C. The number of carbonyl (C=O) groups is 1. The molecule has 0 saturated heterocycles. The molecule has 6 heteroatoms. The second-order valence-corrected chi connectivity index (χ2v) is 5.50. The lowest BCUT2D eigenvalue weighted by molar-refractivity contribution is -0.384. The van der Waals surface area contributed by atoms with Gasteiger partial charge < -0.3 is 5.11 Å². The Kier molecular flexibility index (Phi) is 4.27. The van der Waals surface area contributed by atoms with Gasteiger partial charge in [0.2, 0.25) is 5.83 Å². The molecule has 108 valence electrons. The van der Waals surface area contributed by atoms with Crippen LogP contribution in [-0.2, 0) is 4.79 Å². The lowest BCUT2D eigenvalue weighted by Gasteiger charge is -2.24. The summed E-state index contributed by atoms with van der Waals surface area (Å²) in [5.41, 5.74) is -0.233. The number of rotatable bonds is 3. The lowest BCUT2D eigenvalue weighted by atomic mass is 9.80. The molecule has 1 rings (SSSR count). The van der Waals surface area contributed by atoms with E-state index in [1.54, 1.807) is 27.7 Å². The second kappa shape index (κ2) is 5.40. The highest BCUT2D eigenvalue weighted by atomic mass is 19.1. The Labute approximate surface area is 115 Å². The largest absolute Gasteiger partial charge is 0.476 e. The molecule has 0 aromatic heterocycles. The molecular weight excluding hydrogens is 265 g/mol. The molecule has 0 spiro atoms. The first-order valence-electron chi connectivity index (χ1n) is 5.94. The Hall–Kier alpha value is -2.24. The molecule has 1 N–H and O–H groups in total. The number of hydrogen-bond acceptors (Lipinski definition) is 3. The average Bonchev–Trinajstić information content (AvgIpc) is 2.29. The van der Waals surface area contributed by atoms with Crippen LogP contribution in [0.1, 0.15) is 31.9 Å². The summed E-state index contributed by atoms with van der Waals surface area (Å²) in [5, 5.41) is 19.7. The van der Waals surface area contributed by atoms with Crippen molar-refractivity contribution >= 4 is 17.2 Å². The zero-order valence-electron chi connectivity index (χ0n) is 11.7. The standard InChI is InChI=1S/C14H16FNO4/c1-8-5-6-9(16(19)20)7-10(8)11(14(2,3)4)12(15)13(17)18/h5-7H,1-4H3,(H,17,18). The fraction of sp³-hybridized carbons (Fsp3) is 0.357. The molecule has 0 aliphatic heterocycles. The van der Waals surface area contributed by atoms with E-state index in [4.69, 9.17) is 5.11 Å². The van der Waals surface area contributed by atoms with Gasteiger partial charge in [-0.3, -0.25) is 10.1 Å². The van der Waals surface area contributed by atoms with E-state index in [0.717, 1.165) is 0 Å². The zero-order valence-corrected chi connectivity index (χ0v) is 11.7. The number of nitro benzene ring substituents is 1. The van der Waals surface area contributed by atoms with E-state index in [9.17, 15) is 19.3 Å². The van der Waals surface area contributed by atoms with Gasteiger partial charge in [-0.05, 0) is 23.5 Å². The number of non-ortho nitro benzene ring substituents is 1. The van der Waals surface area contributed by atoms with Crippen LogP contribution in [0.25, 0.3) is 5.57 Å². The van der Waals surface area contributed by atoms with E-state index in [1.165, 1.54) is 18.2 Å². The molecule has 0 aliphatic rings. The Morgan fingerprint density at radius 1 is 1.35 bits per heavy atom. The molecule has 0 radical (unpaired) electrons. The van der Waals surface area contributed by atoms with Gasteiger partial charge in [-0.2, -0.15) is 4.39 Å². The number of benzene rings is 1. The fourth-order valence-corrected chi connectivity index (χ4v) is 1.95. The third kappa shape index (κ3) is 3.20. The van der Waals surface area contributed by atoms with Crippen LogP contribution in [0, 0.1) is 22.5 Å². The van der Waals surface area contributed by atoms with Gasteiger partial charge in [0, 0.05) is 17.7 Å². The summed E-state index contributed by atoms with van der Waals surface area (Å²) < 4.78 is 14.0. The molecule has 0 unspecified atom stereocenters. The van der Waals surface area contributed by atoms with Crippen LogP contribution in [-0.4, -0.2) is 16.0 Å². The minimum Gasteiger partial charge on any atom is -0.476 e.